The molecule has 1 fully saturated rings. The summed E-state index contributed by atoms with van der Waals surface area (Å²) in [6, 6.07) is 12.0. The van der Waals surface area contributed by atoms with Crippen LogP contribution >= 0.6 is 34.5 Å². The highest BCUT2D eigenvalue weighted by molar-refractivity contribution is 7.85. The number of hydrogen-bond donors (Lipinski definition) is 2. The molecule has 6 nitrogen and oxygen atoms in total. The number of nitrogens with one attached hydrogen (secondary N) is 1. The topological polar surface area (TPSA) is 97.6 Å². The lowest BCUT2D eigenvalue weighted by molar-refractivity contribution is 0.104. The molecular formula is C20H17Cl2N3O3S2. The lowest BCUT2D eigenvalue weighted by Gasteiger charge is -2.07. The summed E-state index contributed by atoms with van der Waals surface area (Å²) in [5.41, 5.74) is 6.62. The van der Waals surface area contributed by atoms with Crippen LogP contribution in [0.5, 0.6) is 0 Å². The van der Waals surface area contributed by atoms with Crippen molar-refractivity contribution in [1.82, 2.24) is 4.98 Å². The zero-order valence-electron chi connectivity index (χ0n) is 15.8. The molecule has 0 spiro atoms. The Labute approximate surface area is 189 Å². The number of carbonyl (C=O) groups excluding carboxylic acids is 1. The first kappa shape index (κ1) is 21.3. The molecular weight excluding hydrogens is 465 g/mol. The maximum atomic E-state index is 12.9. The average Bonchev–Trinajstić information content (AvgIpc) is 3.30. The van der Waals surface area contributed by atoms with E-state index >= 15 is 0 Å². The van der Waals surface area contributed by atoms with Gasteiger partial charge in [-0.25, -0.2) is 4.98 Å². The number of benzene rings is 2. The summed E-state index contributed by atoms with van der Waals surface area (Å²) in [6.45, 7) is 2.59. The average molecular weight is 482 g/mol. The number of halogens is 2. The summed E-state index contributed by atoms with van der Waals surface area (Å²) in [5, 5.41) is 4.07. The van der Waals surface area contributed by atoms with Crippen LogP contribution in [0.1, 0.15) is 22.2 Å². The molecule has 2 unspecified atom stereocenters. The summed E-state index contributed by atoms with van der Waals surface area (Å²) < 4.78 is 17.7. The van der Waals surface area contributed by atoms with Crippen molar-refractivity contribution in [1.29, 1.82) is 0 Å². The van der Waals surface area contributed by atoms with Gasteiger partial charge < -0.3 is 15.8 Å². The van der Waals surface area contributed by atoms with Gasteiger partial charge in [0.25, 0.3) is 0 Å². The zero-order valence-corrected chi connectivity index (χ0v) is 18.9. The SMILES string of the molecule is CC1(CS(=O)c2ccc(Nc3nc(N)c(C(=O)c4c(Cl)cccc4Cl)s3)cc2)CO1. The van der Waals surface area contributed by atoms with Crippen LogP contribution in [0.4, 0.5) is 16.6 Å². The van der Waals surface area contributed by atoms with Crippen molar-refractivity contribution in [2.45, 2.75) is 17.4 Å². The minimum absolute atomic E-state index is 0.0962. The van der Waals surface area contributed by atoms with Gasteiger partial charge in [-0.05, 0) is 43.3 Å². The Bertz CT molecular complexity index is 1120. The van der Waals surface area contributed by atoms with Crippen molar-refractivity contribution in [3.8, 4) is 0 Å². The number of anilines is 3. The van der Waals surface area contributed by atoms with Gasteiger partial charge >= 0.3 is 0 Å². The molecule has 0 saturated carbocycles. The molecule has 3 aromatic rings. The van der Waals surface area contributed by atoms with Crippen LogP contribution in [-0.2, 0) is 15.5 Å². The number of aromatic nitrogens is 1. The number of nitrogen functional groups attached to an aromatic ring is 1. The molecule has 0 bridgehead atoms. The fourth-order valence-corrected chi connectivity index (χ4v) is 5.50. The summed E-state index contributed by atoms with van der Waals surface area (Å²) in [6.07, 6.45) is 0. The van der Waals surface area contributed by atoms with Crippen molar-refractivity contribution in [2.24, 2.45) is 0 Å². The second-order valence-electron chi connectivity index (χ2n) is 7.04. The van der Waals surface area contributed by atoms with E-state index in [4.69, 9.17) is 33.7 Å². The molecule has 2 aromatic carbocycles. The highest BCUT2D eigenvalue weighted by Gasteiger charge is 2.41. The molecule has 4 rings (SSSR count). The number of nitrogens with two attached hydrogens (primary N) is 1. The number of hydrogen-bond acceptors (Lipinski definition) is 7. The minimum Gasteiger partial charge on any atom is -0.382 e. The van der Waals surface area contributed by atoms with Crippen LogP contribution in [-0.4, -0.2) is 32.9 Å². The largest absolute Gasteiger partial charge is 0.382 e. The van der Waals surface area contributed by atoms with Crippen LogP contribution in [0.3, 0.4) is 0 Å². The van der Waals surface area contributed by atoms with E-state index < -0.39 is 10.8 Å². The van der Waals surface area contributed by atoms with E-state index in [-0.39, 0.29) is 37.7 Å². The van der Waals surface area contributed by atoms with Gasteiger partial charge in [0.15, 0.2) is 5.13 Å². The van der Waals surface area contributed by atoms with E-state index in [0.29, 0.717) is 17.5 Å². The first-order chi connectivity index (χ1) is 14.3. The first-order valence-electron chi connectivity index (χ1n) is 8.90. The standard InChI is InChI=1S/C20H17Cl2N3O3S2/c1-20(9-28-20)10-30(27)12-7-5-11(6-8-12)24-19-25-18(23)17(29-19)16(26)15-13(21)3-2-4-14(15)22/h2-8H,9-10,23H2,1H3,(H,24,25). The quantitative estimate of drug-likeness (QED) is 0.367. The summed E-state index contributed by atoms with van der Waals surface area (Å²) in [4.78, 5) is 18.1. The molecule has 1 aromatic heterocycles. The molecule has 0 amide bonds. The molecule has 30 heavy (non-hydrogen) atoms. The number of ketones is 1. The Kier molecular flexibility index (Phi) is 5.87. The Hall–Kier alpha value is -1.97. The lowest BCUT2D eigenvalue weighted by atomic mass is 10.1. The Balaban J connectivity index is 1.50. The number of epoxide rings is 1. The normalized spacial score (nSPS) is 18.8. The Morgan fingerprint density at radius 2 is 1.90 bits per heavy atom. The van der Waals surface area contributed by atoms with Gasteiger partial charge in [0.05, 0.1) is 38.8 Å². The molecule has 10 heteroatoms. The van der Waals surface area contributed by atoms with Crippen LogP contribution < -0.4 is 11.1 Å². The molecule has 1 aliphatic rings. The van der Waals surface area contributed by atoms with Crippen molar-refractivity contribution in [2.75, 3.05) is 23.4 Å². The highest BCUT2D eigenvalue weighted by atomic mass is 35.5. The second-order valence-corrected chi connectivity index (χ2v) is 10.3. The molecule has 1 aliphatic heterocycles. The Morgan fingerprint density at radius 1 is 1.27 bits per heavy atom. The number of rotatable bonds is 7. The maximum absolute atomic E-state index is 12.9. The molecule has 156 valence electrons. The van der Waals surface area contributed by atoms with E-state index in [1.165, 1.54) is 0 Å². The summed E-state index contributed by atoms with van der Waals surface area (Å²) in [5.74, 6) is 0.188. The van der Waals surface area contributed by atoms with Crippen molar-refractivity contribution >= 4 is 67.8 Å². The Morgan fingerprint density at radius 3 is 2.50 bits per heavy atom. The third-order valence-corrected chi connectivity index (χ3v) is 7.78. The number of carbonyl (C=O) groups is 1. The van der Waals surface area contributed by atoms with E-state index in [2.05, 4.69) is 10.3 Å². The van der Waals surface area contributed by atoms with E-state index in [0.717, 1.165) is 21.9 Å². The first-order valence-corrected chi connectivity index (χ1v) is 11.8. The third kappa shape index (κ3) is 4.53. The number of nitrogens with zero attached hydrogens (tertiary/aromatic N) is 1. The van der Waals surface area contributed by atoms with Crippen LogP contribution in [0.25, 0.3) is 0 Å². The van der Waals surface area contributed by atoms with Gasteiger partial charge in [-0.15, -0.1) is 0 Å². The predicted molar refractivity (Wildman–Crippen MR) is 122 cm³/mol. The molecule has 2 atom stereocenters. The summed E-state index contributed by atoms with van der Waals surface area (Å²) >= 11 is 13.4. The van der Waals surface area contributed by atoms with Crippen LogP contribution in [0, 0.1) is 0 Å². The number of ether oxygens (including phenoxy) is 1. The van der Waals surface area contributed by atoms with Gasteiger partial charge in [-0.2, -0.15) is 0 Å². The van der Waals surface area contributed by atoms with Crippen molar-refractivity contribution in [3.63, 3.8) is 0 Å². The van der Waals surface area contributed by atoms with E-state index in [1.807, 2.05) is 6.92 Å². The van der Waals surface area contributed by atoms with Crippen LogP contribution in [0.15, 0.2) is 47.4 Å². The molecule has 3 N–H and O–H groups in total. The van der Waals surface area contributed by atoms with Gasteiger partial charge in [0.1, 0.15) is 16.3 Å². The minimum atomic E-state index is -1.13. The maximum Gasteiger partial charge on any atom is 0.209 e. The monoisotopic (exact) mass is 481 g/mol. The van der Waals surface area contributed by atoms with Gasteiger partial charge in [-0.3, -0.25) is 9.00 Å². The summed E-state index contributed by atoms with van der Waals surface area (Å²) in [7, 11) is -1.13. The third-order valence-electron chi connectivity index (χ3n) is 4.49. The van der Waals surface area contributed by atoms with Gasteiger partial charge in [0, 0.05) is 10.6 Å². The highest BCUT2D eigenvalue weighted by Crippen LogP contribution is 2.34. The smallest absolute Gasteiger partial charge is 0.209 e. The van der Waals surface area contributed by atoms with Crippen LogP contribution in [0.2, 0.25) is 10.0 Å². The second kappa shape index (κ2) is 8.28. The lowest BCUT2D eigenvalue weighted by Crippen LogP contribution is -2.16. The fourth-order valence-electron chi connectivity index (χ4n) is 2.76. The van der Waals surface area contributed by atoms with Gasteiger partial charge in [0.2, 0.25) is 5.78 Å². The molecule has 0 aliphatic carbocycles. The zero-order chi connectivity index (χ0) is 21.5. The molecule has 2 heterocycles. The molecule has 1 saturated heterocycles. The fraction of sp³-hybridized carbons (Fsp3) is 0.200. The van der Waals surface area contributed by atoms with Crippen molar-refractivity contribution < 1.29 is 13.7 Å². The van der Waals surface area contributed by atoms with Crippen molar-refractivity contribution in [3.05, 3.63) is 63.0 Å². The number of thiazole rings is 1. The van der Waals surface area contributed by atoms with Gasteiger partial charge in [-0.1, -0.05) is 40.6 Å². The molecule has 0 radical (unpaired) electrons. The van der Waals surface area contributed by atoms with E-state index in [1.54, 1.807) is 42.5 Å². The van der Waals surface area contributed by atoms with E-state index in [9.17, 15) is 9.00 Å². The predicted octanol–water partition coefficient (Wildman–Crippen LogP) is 4.90.